The zero-order valence-corrected chi connectivity index (χ0v) is 13.5. The lowest BCUT2D eigenvalue weighted by Gasteiger charge is -2.09. The minimum atomic E-state index is -0.553. The van der Waals surface area contributed by atoms with E-state index in [0.717, 1.165) is 9.64 Å². The van der Waals surface area contributed by atoms with Crippen LogP contribution in [0.5, 0.6) is 5.75 Å². The van der Waals surface area contributed by atoms with Gasteiger partial charge in [0.05, 0.1) is 0 Å². The van der Waals surface area contributed by atoms with Crippen LogP contribution in [-0.4, -0.2) is 18.4 Å². The summed E-state index contributed by atoms with van der Waals surface area (Å²) < 4.78 is 18.9. The number of halogens is 2. The van der Waals surface area contributed by atoms with Crippen LogP contribution in [0.4, 0.5) is 4.39 Å². The van der Waals surface area contributed by atoms with Crippen molar-refractivity contribution in [1.82, 2.24) is 10.9 Å². The second-order valence-electron chi connectivity index (χ2n) is 4.26. The number of carbonyl (C=O) groups excluding carboxylic acids is 2. The molecule has 2 aromatic carbocycles. The van der Waals surface area contributed by atoms with E-state index in [0.29, 0.717) is 5.56 Å². The lowest BCUT2D eigenvalue weighted by Crippen LogP contribution is -2.43. The van der Waals surface area contributed by atoms with E-state index in [1.807, 2.05) is 6.07 Å². The van der Waals surface area contributed by atoms with E-state index in [4.69, 9.17) is 4.74 Å². The average molecular weight is 414 g/mol. The molecule has 0 spiro atoms. The van der Waals surface area contributed by atoms with Crippen molar-refractivity contribution in [2.45, 2.75) is 0 Å². The van der Waals surface area contributed by atoms with Gasteiger partial charge in [-0.1, -0.05) is 12.1 Å². The summed E-state index contributed by atoms with van der Waals surface area (Å²) >= 11 is 2.09. The predicted octanol–water partition coefficient (Wildman–Crippen LogP) is 2.27. The van der Waals surface area contributed by atoms with Crippen LogP contribution >= 0.6 is 22.6 Å². The monoisotopic (exact) mass is 414 g/mol. The number of hydrogen-bond donors (Lipinski definition) is 2. The van der Waals surface area contributed by atoms with E-state index >= 15 is 0 Å². The molecule has 0 saturated carbocycles. The SMILES string of the molecule is O=C(COc1cccc(F)c1)NNC(=O)c1cccc(I)c1. The van der Waals surface area contributed by atoms with Crippen molar-refractivity contribution in [3.8, 4) is 5.75 Å². The second-order valence-corrected chi connectivity index (χ2v) is 5.50. The summed E-state index contributed by atoms with van der Waals surface area (Å²) in [5.41, 5.74) is 4.93. The van der Waals surface area contributed by atoms with Crippen molar-refractivity contribution in [2.75, 3.05) is 6.61 Å². The highest BCUT2D eigenvalue weighted by Gasteiger charge is 2.08. The Morgan fingerprint density at radius 1 is 1.09 bits per heavy atom. The fraction of sp³-hybridized carbons (Fsp3) is 0.0667. The molecular formula is C15H12FIN2O3. The molecule has 0 aromatic heterocycles. The molecule has 0 fully saturated rings. The van der Waals surface area contributed by atoms with Gasteiger partial charge >= 0.3 is 0 Å². The molecule has 0 radical (unpaired) electrons. The fourth-order valence-corrected chi connectivity index (χ4v) is 2.11. The molecule has 0 heterocycles. The van der Waals surface area contributed by atoms with Crippen LogP contribution in [0.15, 0.2) is 48.5 Å². The zero-order chi connectivity index (χ0) is 15.9. The zero-order valence-electron chi connectivity index (χ0n) is 11.3. The van der Waals surface area contributed by atoms with Crippen LogP contribution in [0.2, 0.25) is 0 Å². The van der Waals surface area contributed by atoms with E-state index < -0.39 is 17.6 Å². The summed E-state index contributed by atoms with van der Waals surface area (Å²) in [6, 6.07) is 12.3. The van der Waals surface area contributed by atoms with Gasteiger partial charge in [-0.2, -0.15) is 0 Å². The van der Waals surface area contributed by atoms with Crippen molar-refractivity contribution >= 4 is 34.4 Å². The van der Waals surface area contributed by atoms with Crippen molar-refractivity contribution in [1.29, 1.82) is 0 Å². The van der Waals surface area contributed by atoms with Gasteiger partial charge in [0, 0.05) is 15.2 Å². The Morgan fingerprint density at radius 2 is 1.86 bits per heavy atom. The molecule has 0 saturated heterocycles. The third-order valence-corrected chi connectivity index (χ3v) is 3.24. The molecule has 0 atom stereocenters. The van der Waals surface area contributed by atoms with Crippen LogP contribution in [0.1, 0.15) is 10.4 Å². The molecule has 0 unspecified atom stereocenters. The summed E-state index contributed by atoms with van der Waals surface area (Å²) in [5, 5.41) is 0. The summed E-state index contributed by atoms with van der Waals surface area (Å²) in [7, 11) is 0. The Labute approximate surface area is 140 Å². The van der Waals surface area contributed by atoms with Gasteiger partial charge in [-0.05, 0) is 52.9 Å². The molecular weight excluding hydrogens is 402 g/mol. The van der Waals surface area contributed by atoms with Gasteiger partial charge in [0.1, 0.15) is 11.6 Å². The quantitative estimate of drug-likeness (QED) is 0.596. The first-order valence-electron chi connectivity index (χ1n) is 6.28. The average Bonchev–Trinajstić information content (AvgIpc) is 2.50. The summed E-state index contributed by atoms with van der Waals surface area (Å²) in [6.07, 6.45) is 0. The van der Waals surface area contributed by atoms with Crippen molar-refractivity contribution in [3.63, 3.8) is 0 Å². The Balaban J connectivity index is 1.79. The third kappa shape index (κ3) is 4.99. The second kappa shape index (κ2) is 7.74. The highest BCUT2D eigenvalue weighted by Crippen LogP contribution is 2.11. The third-order valence-electron chi connectivity index (χ3n) is 2.57. The van der Waals surface area contributed by atoms with Crippen LogP contribution < -0.4 is 15.6 Å². The molecule has 2 aromatic rings. The van der Waals surface area contributed by atoms with E-state index in [-0.39, 0.29) is 12.4 Å². The molecule has 0 aliphatic rings. The fourth-order valence-electron chi connectivity index (χ4n) is 1.57. The van der Waals surface area contributed by atoms with E-state index in [9.17, 15) is 14.0 Å². The smallest absolute Gasteiger partial charge is 0.276 e. The number of benzene rings is 2. The van der Waals surface area contributed by atoms with Gasteiger partial charge in [-0.15, -0.1) is 0 Å². The van der Waals surface area contributed by atoms with Gasteiger partial charge in [-0.3, -0.25) is 20.4 Å². The molecule has 2 amide bonds. The highest BCUT2D eigenvalue weighted by atomic mass is 127. The van der Waals surface area contributed by atoms with Crippen molar-refractivity contribution in [3.05, 3.63) is 63.5 Å². The van der Waals surface area contributed by atoms with Crippen LogP contribution in [-0.2, 0) is 4.79 Å². The Kier molecular flexibility index (Phi) is 5.70. The lowest BCUT2D eigenvalue weighted by atomic mass is 10.2. The maximum Gasteiger partial charge on any atom is 0.276 e. The van der Waals surface area contributed by atoms with E-state index in [1.54, 1.807) is 18.2 Å². The van der Waals surface area contributed by atoms with Gasteiger partial charge < -0.3 is 4.74 Å². The number of ether oxygens (including phenoxy) is 1. The maximum atomic E-state index is 12.9. The maximum absolute atomic E-state index is 12.9. The number of nitrogens with one attached hydrogen (secondary N) is 2. The van der Waals surface area contributed by atoms with Crippen LogP contribution in [0.25, 0.3) is 0 Å². The Hall–Kier alpha value is -2.16. The number of hydrogen-bond acceptors (Lipinski definition) is 3. The topological polar surface area (TPSA) is 67.4 Å². The van der Waals surface area contributed by atoms with Crippen LogP contribution in [0.3, 0.4) is 0 Å². The predicted molar refractivity (Wildman–Crippen MR) is 86.7 cm³/mol. The van der Waals surface area contributed by atoms with Crippen molar-refractivity contribution < 1.29 is 18.7 Å². The van der Waals surface area contributed by atoms with Gasteiger partial charge in [-0.25, -0.2) is 4.39 Å². The molecule has 0 bridgehead atoms. The van der Waals surface area contributed by atoms with Crippen molar-refractivity contribution in [2.24, 2.45) is 0 Å². The Morgan fingerprint density at radius 3 is 2.59 bits per heavy atom. The van der Waals surface area contributed by atoms with Gasteiger partial charge in [0.15, 0.2) is 6.61 Å². The Bertz CT molecular complexity index is 694. The van der Waals surface area contributed by atoms with Gasteiger partial charge in [0.25, 0.3) is 11.8 Å². The summed E-state index contributed by atoms with van der Waals surface area (Å²) in [5.74, 6) is -1.20. The summed E-state index contributed by atoms with van der Waals surface area (Å²) in [4.78, 5) is 23.4. The standard InChI is InChI=1S/C15H12FIN2O3/c16-11-4-2-6-13(8-11)22-9-14(20)18-19-15(21)10-3-1-5-12(17)7-10/h1-8H,9H2,(H,18,20)(H,19,21). The first kappa shape index (κ1) is 16.2. The highest BCUT2D eigenvalue weighted by molar-refractivity contribution is 14.1. The first-order valence-corrected chi connectivity index (χ1v) is 7.35. The number of amides is 2. The normalized spacial score (nSPS) is 9.91. The van der Waals surface area contributed by atoms with E-state index in [1.165, 1.54) is 18.2 Å². The minimum Gasteiger partial charge on any atom is -0.484 e. The van der Waals surface area contributed by atoms with Crippen LogP contribution in [0, 0.1) is 9.39 Å². The molecule has 22 heavy (non-hydrogen) atoms. The summed E-state index contributed by atoms with van der Waals surface area (Å²) in [6.45, 7) is -0.337. The first-order chi connectivity index (χ1) is 10.5. The lowest BCUT2D eigenvalue weighted by molar-refractivity contribution is -0.123. The molecule has 2 N–H and O–H groups in total. The molecule has 7 heteroatoms. The molecule has 5 nitrogen and oxygen atoms in total. The molecule has 0 aliphatic heterocycles. The minimum absolute atomic E-state index is 0.235. The van der Waals surface area contributed by atoms with Gasteiger partial charge in [0.2, 0.25) is 0 Å². The van der Waals surface area contributed by atoms with E-state index in [2.05, 4.69) is 33.4 Å². The number of hydrazine groups is 1. The largest absolute Gasteiger partial charge is 0.484 e. The molecule has 114 valence electrons. The number of carbonyl (C=O) groups is 2. The molecule has 0 aliphatic carbocycles. The number of rotatable bonds is 4. The molecule has 2 rings (SSSR count).